The van der Waals surface area contributed by atoms with E-state index < -0.39 is 0 Å². The minimum absolute atomic E-state index is 0. The number of likely N-dealkylation sites (N-methyl/N-ethyl adjacent to an activating group) is 1. The number of piperazine rings is 1. The van der Waals surface area contributed by atoms with Crippen LogP contribution in [0.3, 0.4) is 0 Å². The lowest BCUT2D eigenvalue weighted by molar-refractivity contribution is -0.152. The molecule has 0 spiro atoms. The lowest BCUT2D eigenvalue weighted by Crippen LogP contribution is -2.53. The highest BCUT2D eigenvalue weighted by molar-refractivity contribution is 5.85. The van der Waals surface area contributed by atoms with E-state index in [0.717, 1.165) is 26.2 Å². The van der Waals surface area contributed by atoms with E-state index in [1.54, 1.807) is 0 Å². The maximum atomic E-state index is 11.9. The van der Waals surface area contributed by atoms with Gasteiger partial charge in [-0.25, -0.2) is 0 Å². The number of carbonyl (C=O) groups excluding carboxylic acids is 1. The molecule has 0 N–H and O–H groups in total. The fraction of sp³-hybridized carbons (Fsp3) is 0.917. The van der Waals surface area contributed by atoms with Crippen molar-refractivity contribution in [2.24, 2.45) is 5.92 Å². The molecule has 0 amide bonds. The number of ether oxygens (including phenoxy) is 1. The first kappa shape index (κ1) is 20.3. The molecule has 1 aliphatic heterocycles. The zero-order valence-electron chi connectivity index (χ0n) is 11.7. The molecule has 0 aromatic heterocycles. The van der Waals surface area contributed by atoms with Crippen molar-refractivity contribution in [3.8, 4) is 0 Å². The van der Waals surface area contributed by atoms with Crippen molar-refractivity contribution >= 4 is 30.8 Å². The number of rotatable bonds is 4. The summed E-state index contributed by atoms with van der Waals surface area (Å²) in [7, 11) is 2.12. The second-order valence-corrected chi connectivity index (χ2v) is 4.78. The Labute approximate surface area is 123 Å². The summed E-state index contributed by atoms with van der Waals surface area (Å²) in [4.78, 5) is 16.4. The Bertz CT molecular complexity index is 232. The fourth-order valence-corrected chi connectivity index (χ4v) is 2.17. The van der Waals surface area contributed by atoms with Gasteiger partial charge in [-0.05, 0) is 19.9 Å². The number of hydrogen-bond donors (Lipinski definition) is 0. The molecule has 110 valence electrons. The molecule has 1 rings (SSSR count). The summed E-state index contributed by atoms with van der Waals surface area (Å²) in [6.07, 6.45) is 0. The SMILES string of the molecule is CCOC(=O)C(C(C)C)N1CCN(C)CC1.Cl.Cl. The number of halogens is 2. The van der Waals surface area contributed by atoms with Crippen molar-refractivity contribution in [2.75, 3.05) is 39.8 Å². The summed E-state index contributed by atoms with van der Waals surface area (Å²) in [5, 5.41) is 0. The van der Waals surface area contributed by atoms with Crippen LogP contribution in [0.2, 0.25) is 0 Å². The van der Waals surface area contributed by atoms with E-state index in [-0.39, 0.29) is 36.8 Å². The summed E-state index contributed by atoms with van der Waals surface area (Å²) in [5.41, 5.74) is 0. The normalized spacial score (nSPS) is 18.7. The lowest BCUT2D eigenvalue weighted by Gasteiger charge is -2.38. The Balaban J connectivity index is 0. The Hall–Kier alpha value is -0.0300. The van der Waals surface area contributed by atoms with Crippen LogP contribution in [-0.4, -0.2) is 61.6 Å². The molecule has 0 aromatic rings. The maximum Gasteiger partial charge on any atom is 0.323 e. The van der Waals surface area contributed by atoms with Crippen LogP contribution >= 0.6 is 24.8 Å². The van der Waals surface area contributed by atoms with Crippen molar-refractivity contribution in [2.45, 2.75) is 26.8 Å². The van der Waals surface area contributed by atoms with Crippen molar-refractivity contribution in [3.05, 3.63) is 0 Å². The third kappa shape index (κ3) is 5.74. The minimum atomic E-state index is -0.0753. The van der Waals surface area contributed by atoms with E-state index in [1.165, 1.54) is 0 Å². The molecule has 1 fully saturated rings. The first-order valence-corrected chi connectivity index (χ1v) is 6.15. The standard InChI is InChI=1S/C12H24N2O2.2ClH/c1-5-16-12(15)11(10(2)3)14-8-6-13(4)7-9-14;;/h10-11H,5-9H2,1-4H3;2*1H. The number of esters is 1. The van der Waals surface area contributed by atoms with Gasteiger partial charge in [-0.15, -0.1) is 24.8 Å². The highest BCUT2D eigenvalue weighted by Crippen LogP contribution is 2.15. The van der Waals surface area contributed by atoms with Gasteiger partial charge in [0.2, 0.25) is 0 Å². The van der Waals surface area contributed by atoms with Crippen molar-refractivity contribution in [1.29, 1.82) is 0 Å². The van der Waals surface area contributed by atoms with Crippen LogP contribution < -0.4 is 0 Å². The largest absolute Gasteiger partial charge is 0.465 e. The molecule has 6 heteroatoms. The van der Waals surface area contributed by atoms with Gasteiger partial charge in [0.1, 0.15) is 6.04 Å². The molecule has 4 nitrogen and oxygen atoms in total. The average Bonchev–Trinajstić information content (AvgIpc) is 2.21. The number of nitrogens with zero attached hydrogens (tertiary/aromatic N) is 2. The average molecular weight is 301 g/mol. The van der Waals surface area contributed by atoms with Gasteiger partial charge in [0.25, 0.3) is 0 Å². The Morgan fingerprint density at radius 2 is 1.67 bits per heavy atom. The van der Waals surface area contributed by atoms with Gasteiger partial charge in [-0.3, -0.25) is 9.69 Å². The van der Waals surface area contributed by atoms with Crippen LogP contribution in [0.25, 0.3) is 0 Å². The first-order chi connectivity index (χ1) is 7.56. The van der Waals surface area contributed by atoms with Crippen LogP contribution in [0.5, 0.6) is 0 Å². The van der Waals surface area contributed by atoms with E-state index in [2.05, 4.69) is 30.7 Å². The second-order valence-electron chi connectivity index (χ2n) is 4.78. The lowest BCUT2D eigenvalue weighted by atomic mass is 10.0. The van der Waals surface area contributed by atoms with E-state index in [0.29, 0.717) is 12.5 Å². The number of carbonyl (C=O) groups is 1. The van der Waals surface area contributed by atoms with Gasteiger partial charge in [0.15, 0.2) is 0 Å². The molecule has 1 atom stereocenters. The summed E-state index contributed by atoms with van der Waals surface area (Å²) in [6, 6.07) is -0.0753. The zero-order chi connectivity index (χ0) is 12.1. The highest BCUT2D eigenvalue weighted by Gasteiger charge is 2.31. The van der Waals surface area contributed by atoms with Crippen LogP contribution in [0.15, 0.2) is 0 Å². The number of hydrogen-bond acceptors (Lipinski definition) is 4. The predicted molar refractivity (Wildman–Crippen MR) is 78.8 cm³/mol. The Kier molecular flexibility index (Phi) is 11.1. The minimum Gasteiger partial charge on any atom is -0.465 e. The van der Waals surface area contributed by atoms with E-state index in [4.69, 9.17) is 4.74 Å². The Morgan fingerprint density at radius 1 is 1.17 bits per heavy atom. The molecule has 1 aliphatic rings. The van der Waals surface area contributed by atoms with Crippen LogP contribution in [0, 0.1) is 5.92 Å². The van der Waals surface area contributed by atoms with Crippen LogP contribution in [0.1, 0.15) is 20.8 Å². The third-order valence-electron chi connectivity index (χ3n) is 3.09. The van der Waals surface area contributed by atoms with Crippen molar-refractivity contribution in [1.82, 2.24) is 9.80 Å². The van der Waals surface area contributed by atoms with Crippen molar-refractivity contribution < 1.29 is 9.53 Å². The molecule has 18 heavy (non-hydrogen) atoms. The zero-order valence-corrected chi connectivity index (χ0v) is 13.4. The molecule has 0 radical (unpaired) electrons. The fourth-order valence-electron chi connectivity index (χ4n) is 2.17. The van der Waals surface area contributed by atoms with Gasteiger partial charge < -0.3 is 9.64 Å². The molecular weight excluding hydrogens is 275 g/mol. The maximum absolute atomic E-state index is 11.9. The molecule has 1 heterocycles. The van der Waals surface area contributed by atoms with Crippen LogP contribution in [0.4, 0.5) is 0 Å². The van der Waals surface area contributed by atoms with Gasteiger partial charge in [0.05, 0.1) is 6.61 Å². The molecular formula is C12H26Cl2N2O2. The molecule has 1 saturated heterocycles. The summed E-state index contributed by atoms with van der Waals surface area (Å²) >= 11 is 0. The highest BCUT2D eigenvalue weighted by atomic mass is 35.5. The Morgan fingerprint density at radius 3 is 2.06 bits per heavy atom. The summed E-state index contributed by atoms with van der Waals surface area (Å²) in [5.74, 6) is 0.240. The van der Waals surface area contributed by atoms with Crippen LogP contribution in [-0.2, 0) is 9.53 Å². The van der Waals surface area contributed by atoms with E-state index >= 15 is 0 Å². The van der Waals surface area contributed by atoms with Crippen molar-refractivity contribution in [3.63, 3.8) is 0 Å². The van der Waals surface area contributed by atoms with Gasteiger partial charge in [-0.2, -0.15) is 0 Å². The first-order valence-electron chi connectivity index (χ1n) is 6.15. The molecule has 0 saturated carbocycles. The van der Waals surface area contributed by atoms with E-state index in [1.807, 2.05) is 6.92 Å². The smallest absolute Gasteiger partial charge is 0.323 e. The van der Waals surface area contributed by atoms with E-state index in [9.17, 15) is 4.79 Å². The van der Waals surface area contributed by atoms with Gasteiger partial charge >= 0.3 is 5.97 Å². The quantitative estimate of drug-likeness (QED) is 0.740. The monoisotopic (exact) mass is 300 g/mol. The summed E-state index contributed by atoms with van der Waals surface area (Å²) in [6.45, 7) is 10.5. The predicted octanol–water partition coefficient (Wildman–Crippen LogP) is 1.67. The molecule has 0 aliphatic carbocycles. The van der Waals surface area contributed by atoms with Gasteiger partial charge in [0, 0.05) is 26.2 Å². The molecule has 0 bridgehead atoms. The van der Waals surface area contributed by atoms with Gasteiger partial charge in [-0.1, -0.05) is 13.8 Å². The second kappa shape index (κ2) is 9.84. The molecule has 0 aromatic carbocycles. The topological polar surface area (TPSA) is 32.8 Å². The molecule has 1 unspecified atom stereocenters. The third-order valence-corrected chi connectivity index (χ3v) is 3.09. The summed E-state index contributed by atoms with van der Waals surface area (Å²) < 4.78 is 5.15.